The summed E-state index contributed by atoms with van der Waals surface area (Å²) >= 11 is 0. The number of aldehydes is 1. The van der Waals surface area contributed by atoms with Crippen LogP contribution >= 0.6 is 0 Å². The van der Waals surface area contributed by atoms with E-state index in [2.05, 4.69) is 10.6 Å². The van der Waals surface area contributed by atoms with Crippen LogP contribution in [0.3, 0.4) is 0 Å². The lowest BCUT2D eigenvalue weighted by atomic mass is 10.1. The predicted molar refractivity (Wildman–Crippen MR) is 138 cm³/mol. The minimum absolute atomic E-state index is 0.0538. The lowest BCUT2D eigenvalue weighted by Crippen LogP contribution is -2.56. The first-order valence-corrected chi connectivity index (χ1v) is 11.9. The Labute approximate surface area is 227 Å². The third kappa shape index (κ3) is 6.66. The second kappa shape index (κ2) is 13.1. The number of para-hydroxylation sites is 3. The van der Waals surface area contributed by atoms with Crippen LogP contribution < -0.4 is 25.2 Å². The van der Waals surface area contributed by atoms with Gasteiger partial charge in [0.1, 0.15) is 31.2 Å². The maximum absolute atomic E-state index is 13.7. The second-order valence-electron chi connectivity index (χ2n) is 8.54. The van der Waals surface area contributed by atoms with Crippen LogP contribution in [-0.2, 0) is 28.8 Å². The van der Waals surface area contributed by atoms with Crippen molar-refractivity contribution in [3.05, 3.63) is 54.1 Å². The molecule has 2 aromatic rings. The van der Waals surface area contributed by atoms with Gasteiger partial charge in [0, 0.05) is 0 Å². The largest absolute Gasteiger partial charge is 0.496 e. The fourth-order valence-electron chi connectivity index (χ4n) is 4.07. The summed E-state index contributed by atoms with van der Waals surface area (Å²) < 4.78 is 5.12. The number of aliphatic hydroxyl groups excluding tert-OH is 1. The van der Waals surface area contributed by atoms with Gasteiger partial charge in [0.15, 0.2) is 0 Å². The molecule has 210 valence electrons. The van der Waals surface area contributed by atoms with Gasteiger partial charge < -0.3 is 35.3 Å². The third-order valence-electron chi connectivity index (χ3n) is 5.90. The first-order valence-electron chi connectivity index (χ1n) is 11.9. The molecule has 4 N–H and O–H groups in total. The monoisotopic (exact) mass is 554 g/mol. The molecular weight excluding hydrogens is 528 g/mol. The molecule has 1 aliphatic heterocycles. The molecule has 0 radical (unpaired) electrons. The van der Waals surface area contributed by atoms with Gasteiger partial charge >= 0.3 is 5.97 Å². The van der Waals surface area contributed by atoms with Crippen molar-refractivity contribution in [3.8, 4) is 5.75 Å². The van der Waals surface area contributed by atoms with Crippen molar-refractivity contribution < 1.29 is 48.5 Å². The molecule has 14 nitrogen and oxygen atoms in total. The maximum Gasteiger partial charge on any atom is 0.305 e. The molecule has 14 heteroatoms. The SMILES string of the molecule is COc1ccccc1C(=O)C(=O)N[C@H]1CN(C(=O)CO)c2ccccc2N(CC(=O)N[C@H](C=O)CC(=O)O)C1=O. The molecule has 0 aromatic heterocycles. The number of nitrogens with zero attached hydrogens (tertiary/aromatic N) is 2. The summed E-state index contributed by atoms with van der Waals surface area (Å²) in [5.74, 6) is -6.07. The smallest absolute Gasteiger partial charge is 0.305 e. The van der Waals surface area contributed by atoms with E-state index in [1.54, 1.807) is 12.1 Å². The molecule has 3 rings (SSSR count). The molecule has 0 fully saturated rings. The van der Waals surface area contributed by atoms with Gasteiger partial charge in [-0.1, -0.05) is 24.3 Å². The molecule has 0 spiro atoms. The molecule has 0 unspecified atom stereocenters. The molecule has 0 saturated heterocycles. The van der Waals surface area contributed by atoms with Crippen LogP contribution in [0.4, 0.5) is 11.4 Å². The van der Waals surface area contributed by atoms with Crippen molar-refractivity contribution in [1.29, 1.82) is 0 Å². The van der Waals surface area contributed by atoms with Crippen LogP contribution in [0.2, 0.25) is 0 Å². The minimum atomic E-state index is -1.55. The van der Waals surface area contributed by atoms with Gasteiger partial charge in [0.05, 0.1) is 43.1 Å². The van der Waals surface area contributed by atoms with Crippen LogP contribution in [0.25, 0.3) is 0 Å². The summed E-state index contributed by atoms with van der Waals surface area (Å²) in [4.78, 5) is 89.1. The summed E-state index contributed by atoms with van der Waals surface area (Å²) in [6, 6.07) is 8.91. The van der Waals surface area contributed by atoms with Crippen molar-refractivity contribution >= 4 is 53.0 Å². The number of nitrogens with one attached hydrogen (secondary N) is 2. The van der Waals surface area contributed by atoms with E-state index in [1.165, 1.54) is 43.5 Å². The predicted octanol–water partition coefficient (Wildman–Crippen LogP) is -1.11. The minimum Gasteiger partial charge on any atom is -0.496 e. The van der Waals surface area contributed by atoms with Crippen LogP contribution in [0.15, 0.2) is 48.5 Å². The Morgan fingerprint density at radius 2 is 1.73 bits per heavy atom. The Morgan fingerprint density at radius 1 is 1.07 bits per heavy atom. The fourth-order valence-corrected chi connectivity index (χ4v) is 4.07. The van der Waals surface area contributed by atoms with Gasteiger partial charge in [-0.15, -0.1) is 0 Å². The van der Waals surface area contributed by atoms with Gasteiger partial charge in [-0.3, -0.25) is 33.7 Å². The number of methoxy groups -OCH3 is 1. The highest BCUT2D eigenvalue weighted by Gasteiger charge is 2.38. The van der Waals surface area contributed by atoms with Crippen molar-refractivity contribution in [2.45, 2.75) is 18.5 Å². The normalized spacial score (nSPS) is 15.2. The van der Waals surface area contributed by atoms with Gasteiger partial charge in [-0.05, 0) is 24.3 Å². The Hall–Kier alpha value is -5.11. The maximum atomic E-state index is 13.7. The van der Waals surface area contributed by atoms with Crippen molar-refractivity contribution in [1.82, 2.24) is 10.6 Å². The highest BCUT2D eigenvalue weighted by Crippen LogP contribution is 2.33. The molecule has 0 bridgehead atoms. The third-order valence-corrected chi connectivity index (χ3v) is 5.90. The van der Waals surface area contributed by atoms with E-state index in [9.17, 15) is 38.7 Å². The van der Waals surface area contributed by atoms with Gasteiger partial charge in [-0.25, -0.2) is 0 Å². The van der Waals surface area contributed by atoms with E-state index in [0.717, 1.165) is 9.80 Å². The number of carboxylic acids is 1. The number of hydrogen-bond acceptors (Lipinski definition) is 9. The number of hydrogen-bond donors (Lipinski definition) is 4. The van der Waals surface area contributed by atoms with Crippen molar-refractivity contribution in [2.75, 3.05) is 36.6 Å². The number of aliphatic carboxylic acids is 1. The van der Waals surface area contributed by atoms with Gasteiger partial charge in [-0.2, -0.15) is 0 Å². The Balaban J connectivity index is 1.96. The van der Waals surface area contributed by atoms with E-state index in [4.69, 9.17) is 9.84 Å². The van der Waals surface area contributed by atoms with E-state index in [-0.39, 0.29) is 29.0 Å². The zero-order valence-electron chi connectivity index (χ0n) is 21.2. The van der Waals surface area contributed by atoms with Crippen LogP contribution in [0.5, 0.6) is 5.75 Å². The van der Waals surface area contributed by atoms with E-state index < -0.39 is 73.6 Å². The number of ketones is 1. The fraction of sp³-hybridized carbons (Fsp3) is 0.269. The lowest BCUT2D eigenvalue weighted by molar-refractivity contribution is -0.139. The Kier molecular flexibility index (Phi) is 9.65. The average molecular weight is 555 g/mol. The van der Waals surface area contributed by atoms with E-state index in [0.29, 0.717) is 0 Å². The zero-order chi connectivity index (χ0) is 29.4. The molecule has 0 saturated carbocycles. The summed E-state index contributed by atoms with van der Waals surface area (Å²) in [5, 5.41) is 23.0. The molecule has 0 aliphatic carbocycles. The highest BCUT2D eigenvalue weighted by atomic mass is 16.5. The first-order chi connectivity index (χ1) is 19.1. The number of benzene rings is 2. The molecule has 2 aromatic carbocycles. The standard InChI is InChI=1S/C26H26N4O10/c1-40-20-9-5-2-6-16(20)24(37)25(38)28-17-11-29(22(34)14-32)18-7-3-4-8-19(18)30(26(17)39)12-21(33)27-15(13-31)10-23(35)36/h2-9,13,15,17,32H,10-12,14H2,1H3,(H,27,33)(H,28,38)(H,35,36)/t15-,17-/m0/s1. The number of rotatable bonds is 11. The number of carbonyl (C=O) groups is 7. The molecular formula is C26H26N4O10. The zero-order valence-corrected chi connectivity index (χ0v) is 21.2. The molecule has 40 heavy (non-hydrogen) atoms. The number of carbonyl (C=O) groups excluding carboxylic acids is 6. The molecule has 1 heterocycles. The first kappa shape index (κ1) is 29.4. The van der Waals surface area contributed by atoms with Crippen molar-refractivity contribution in [2.24, 2.45) is 0 Å². The number of carboxylic acid groups (broad SMARTS) is 1. The lowest BCUT2D eigenvalue weighted by Gasteiger charge is -2.25. The van der Waals surface area contributed by atoms with E-state index in [1.807, 2.05) is 0 Å². The van der Waals surface area contributed by atoms with Gasteiger partial charge in [0.2, 0.25) is 5.91 Å². The molecule has 4 amide bonds. The number of ether oxygens (including phenoxy) is 1. The Morgan fingerprint density at radius 3 is 2.35 bits per heavy atom. The molecule has 2 atom stereocenters. The van der Waals surface area contributed by atoms with Crippen molar-refractivity contribution in [3.63, 3.8) is 0 Å². The number of Topliss-reactive ketones (excluding diaryl/α,β-unsaturated/α-hetero) is 1. The topological polar surface area (TPSA) is 200 Å². The average Bonchev–Trinajstić information content (AvgIpc) is 3.06. The van der Waals surface area contributed by atoms with Crippen LogP contribution in [0.1, 0.15) is 16.8 Å². The summed E-state index contributed by atoms with van der Waals surface area (Å²) in [5.41, 5.74) is 0.0934. The summed E-state index contributed by atoms with van der Waals surface area (Å²) in [6.07, 6.45) is -0.458. The Bertz CT molecular complexity index is 1340. The second-order valence-corrected chi connectivity index (χ2v) is 8.54. The highest BCUT2D eigenvalue weighted by molar-refractivity contribution is 6.43. The van der Waals surface area contributed by atoms with E-state index >= 15 is 0 Å². The summed E-state index contributed by atoms with van der Waals surface area (Å²) in [7, 11) is 1.31. The number of aliphatic hydroxyl groups is 1. The number of amides is 4. The molecule has 1 aliphatic rings. The number of fused-ring (bicyclic) bond motifs is 1. The summed E-state index contributed by atoms with van der Waals surface area (Å²) in [6.45, 7) is -2.16. The quantitative estimate of drug-likeness (QED) is 0.150. The van der Waals surface area contributed by atoms with Crippen LogP contribution in [-0.4, -0.2) is 90.8 Å². The van der Waals surface area contributed by atoms with Crippen LogP contribution in [0, 0.1) is 0 Å². The number of anilines is 2. The van der Waals surface area contributed by atoms with Gasteiger partial charge in [0.25, 0.3) is 23.5 Å².